The fourth-order valence-electron chi connectivity index (χ4n) is 2.06. The molecule has 0 saturated heterocycles. The monoisotopic (exact) mass is 253 g/mol. The van der Waals surface area contributed by atoms with Crippen LogP contribution in [0.2, 0.25) is 0 Å². The van der Waals surface area contributed by atoms with Crippen molar-refractivity contribution in [3.05, 3.63) is 29.6 Å². The van der Waals surface area contributed by atoms with Gasteiger partial charge in [0.1, 0.15) is 23.7 Å². The number of rotatable bonds is 4. The fraction of sp³-hybridized carbons (Fsp3) is 0.462. The molecule has 0 bridgehead atoms. The van der Waals surface area contributed by atoms with Crippen molar-refractivity contribution < 1.29 is 19.0 Å². The number of halogens is 1. The first-order chi connectivity index (χ1) is 8.47. The smallest absolute Gasteiger partial charge is 0.320 e. The molecule has 1 aromatic rings. The Morgan fingerprint density at radius 2 is 2.39 bits per heavy atom. The van der Waals surface area contributed by atoms with Crippen LogP contribution in [0.1, 0.15) is 12.5 Å². The Kier molecular flexibility index (Phi) is 3.52. The highest BCUT2D eigenvalue weighted by Gasteiger charge is 2.27. The number of nitrogens with zero attached hydrogens (tertiary/aromatic N) is 1. The normalized spacial score (nSPS) is 19.4. The molecule has 1 aromatic carbocycles. The molecule has 0 saturated carbocycles. The lowest BCUT2D eigenvalue weighted by molar-refractivity contribution is -0.142. The third-order valence-corrected chi connectivity index (χ3v) is 3.27. The molecule has 1 heterocycles. The second-order valence-electron chi connectivity index (χ2n) is 4.65. The summed E-state index contributed by atoms with van der Waals surface area (Å²) < 4.78 is 18.7. The van der Waals surface area contributed by atoms with Gasteiger partial charge in [-0.25, -0.2) is 4.39 Å². The zero-order valence-electron chi connectivity index (χ0n) is 10.4. The van der Waals surface area contributed by atoms with E-state index in [4.69, 9.17) is 9.84 Å². The van der Waals surface area contributed by atoms with Gasteiger partial charge in [0, 0.05) is 18.5 Å². The van der Waals surface area contributed by atoms with Gasteiger partial charge >= 0.3 is 5.97 Å². The fourth-order valence-corrected chi connectivity index (χ4v) is 2.06. The van der Waals surface area contributed by atoms with Gasteiger partial charge in [0.15, 0.2) is 0 Å². The van der Waals surface area contributed by atoms with E-state index in [0.717, 1.165) is 5.56 Å². The summed E-state index contributed by atoms with van der Waals surface area (Å²) in [7, 11) is 1.74. The summed E-state index contributed by atoms with van der Waals surface area (Å²) in [6.45, 7) is 2.13. The van der Waals surface area contributed by atoms with E-state index < -0.39 is 12.0 Å². The van der Waals surface area contributed by atoms with Gasteiger partial charge in [0.2, 0.25) is 0 Å². The van der Waals surface area contributed by atoms with E-state index >= 15 is 0 Å². The Labute approximate surface area is 105 Å². The second-order valence-corrected chi connectivity index (χ2v) is 4.65. The number of carboxylic acids is 1. The zero-order valence-corrected chi connectivity index (χ0v) is 10.4. The molecule has 5 heteroatoms. The number of carbonyl (C=O) groups is 1. The molecule has 2 atom stereocenters. The van der Waals surface area contributed by atoms with Crippen molar-refractivity contribution >= 4 is 5.97 Å². The van der Waals surface area contributed by atoms with Crippen LogP contribution in [0.5, 0.6) is 5.75 Å². The Hall–Kier alpha value is -1.62. The van der Waals surface area contributed by atoms with E-state index in [1.165, 1.54) is 12.1 Å². The number of aliphatic carboxylic acids is 1. The predicted molar refractivity (Wildman–Crippen MR) is 64.2 cm³/mol. The molecule has 4 nitrogen and oxygen atoms in total. The van der Waals surface area contributed by atoms with Gasteiger partial charge in [-0.15, -0.1) is 0 Å². The molecule has 0 spiro atoms. The van der Waals surface area contributed by atoms with Crippen LogP contribution in [0.25, 0.3) is 0 Å². The molecule has 1 N–H and O–H groups in total. The number of hydrogen-bond donors (Lipinski definition) is 1. The van der Waals surface area contributed by atoms with Crippen molar-refractivity contribution in [1.82, 2.24) is 4.90 Å². The molecule has 0 aromatic heterocycles. The summed E-state index contributed by atoms with van der Waals surface area (Å²) in [6, 6.07) is 3.89. The highest BCUT2D eigenvalue weighted by Crippen LogP contribution is 2.29. The van der Waals surface area contributed by atoms with E-state index in [0.29, 0.717) is 18.7 Å². The number of hydrogen-bond acceptors (Lipinski definition) is 3. The second kappa shape index (κ2) is 4.94. The number of benzene rings is 1. The minimum absolute atomic E-state index is 0.117. The van der Waals surface area contributed by atoms with Gasteiger partial charge in [-0.1, -0.05) is 0 Å². The quantitative estimate of drug-likeness (QED) is 0.884. The first-order valence-electron chi connectivity index (χ1n) is 5.85. The summed E-state index contributed by atoms with van der Waals surface area (Å²) in [4.78, 5) is 12.6. The molecule has 0 fully saturated rings. The van der Waals surface area contributed by atoms with Crippen molar-refractivity contribution in [3.63, 3.8) is 0 Å². The van der Waals surface area contributed by atoms with Crippen LogP contribution in [0.3, 0.4) is 0 Å². The minimum Gasteiger partial charge on any atom is -0.488 e. The number of carboxylic acid groups (broad SMARTS) is 1. The van der Waals surface area contributed by atoms with E-state index in [1.54, 1.807) is 24.9 Å². The summed E-state index contributed by atoms with van der Waals surface area (Å²) in [5, 5.41) is 8.90. The number of ether oxygens (including phenoxy) is 1. The van der Waals surface area contributed by atoms with Crippen molar-refractivity contribution in [2.75, 3.05) is 13.6 Å². The van der Waals surface area contributed by atoms with Crippen molar-refractivity contribution in [2.24, 2.45) is 0 Å². The first-order valence-corrected chi connectivity index (χ1v) is 5.85. The van der Waals surface area contributed by atoms with Crippen LogP contribution in [0.4, 0.5) is 4.39 Å². The van der Waals surface area contributed by atoms with Crippen LogP contribution < -0.4 is 4.74 Å². The van der Waals surface area contributed by atoms with Crippen LogP contribution in [0, 0.1) is 5.82 Å². The minimum atomic E-state index is -0.862. The average Bonchev–Trinajstić information content (AvgIpc) is 2.68. The summed E-state index contributed by atoms with van der Waals surface area (Å²) in [5.41, 5.74) is 0.844. The van der Waals surface area contributed by atoms with Gasteiger partial charge in [0.25, 0.3) is 0 Å². The van der Waals surface area contributed by atoms with E-state index in [9.17, 15) is 9.18 Å². The van der Waals surface area contributed by atoms with Crippen LogP contribution >= 0.6 is 0 Å². The molecule has 2 unspecified atom stereocenters. The third kappa shape index (κ3) is 2.61. The lowest BCUT2D eigenvalue weighted by Gasteiger charge is -2.24. The highest BCUT2D eigenvalue weighted by molar-refractivity contribution is 5.72. The van der Waals surface area contributed by atoms with Gasteiger partial charge < -0.3 is 9.84 Å². The molecule has 2 rings (SSSR count). The molecule has 0 amide bonds. The molecule has 98 valence electrons. The van der Waals surface area contributed by atoms with Crippen molar-refractivity contribution in [1.29, 1.82) is 0 Å². The third-order valence-electron chi connectivity index (χ3n) is 3.27. The van der Waals surface area contributed by atoms with Crippen LogP contribution in [-0.2, 0) is 11.2 Å². The molecule has 1 aliphatic heterocycles. The summed E-state index contributed by atoms with van der Waals surface area (Å²) >= 11 is 0. The van der Waals surface area contributed by atoms with Gasteiger partial charge in [-0.05, 0) is 32.2 Å². The van der Waals surface area contributed by atoms with Gasteiger partial charge in [0.05, 0.1) is 0 Å². The van der Waals surface area contributed by atoms with Crippen molar-refractivity contribution in [3.8, 4) is 5.75 Å². The highest BCUT2D eigenvalue weighted by atomic mass is 19.1. The molecule has 18 heavy (non-hydrogen) atoms. The maximum atomic E-state index is 13.0. The summed E-state index contributed by atoms with van der Waals surface area (Å²) in [5.74, 6) is -0.443. The van der Waals surface area contributed by atoms with E-state index in [1.807, 2.05) is 0 Å². The molecule has 1 aliphatic rings. The molecule has 0 radical (unpaired) electrons. The van der Waals surface area contributed by atoms with Gasteiger partial charge in [-0.2, -0.15) is 0 Å². The van der Waals surface area contributed by atoms with Crippen LogP contribution in [-0.4, -0.2) is 41.7 Å². The predicted octanol–water partition coefficient (Wildman–Crippen LogP) is 1.53. The average molecular weight is 253 g/mol. The lowest BCUT2D eigenvalue weighted by atomic mass is 10.1. The Balaban J connectivity index is 1.97. The first kappa shape index (κ1) is 12.8. The maximum absolute atomic E-state index is 13.0. The summed E-state index contributed by atoms with van der Waals surface area (Å²) in [6.07, 6.45) is 0.498. The van der Waals surface area contributed by atoms with E-state index in [-0.39, 0.29) is 11.9 Å². The Bertz CT molecular complexity index is 464. The molecular weight excluding hydrogens is 237 g/mol. The number of likely N-dealkylation sites (N-methyl/N-ethyl adjacent to an activating group) is 1. The molecular formula is C13H16FNO3. The topological polar surface area (TPSA) is 49.8 Å². The number of fused-ring (bicyclic) bond motifs is 1. The zero-order chi connectivity index (χ0) is 13.3. The van der Waals surface area contributed by atoms with Gasteiger partial charge in [-0.3, -0.25) is 9.69 Å². The standard InChI is InChI=1S/C13H16FNO3/c1-8(13(16)17)15(2)7-11-6-9-5-10(14)3-4-12(9)18-11/h3-5,8,11H,6-7H2,1-2H3,(H,16,17). The molecule has 0 aliphatic carbocycles. The lowest BCUT2D eigenvalue weighted by Crippen LogP contribution is -2.41. The van der Waals surface area contributed by atoms with Crippen molar-refractivity contribution in [2.45, 2.75) is 25.5 Å². The van der Waals surface area contributed by atoms with E-state index in [2.05, 4.69) is 0 Å². The maximum Gasteiger partial charge on any atom is 0.320 e. The van der Waals surface area contributed by atoms with Crippen LogP contribution in [0.15, 0.2) is 18.2 Å². The SMILES string of the molecule is CC(C(=O)O)N(C)CC1Cc2cc(F)ccc2O1. The largest absolute Gasteiger partial charge is 0.488 e. The Morgan fingerprint density at radius 1 is 1.67 bits per heavy atom. The Morgan fingerprint density at radius 3 is 3.06 bits per heavy atom.